The van der Waals surface area contributed by atoms with Crippen molar-refractivity contribution in [2.75, 3.05) is 7.11 Å². The van der Waals surface area contributed by atoms with Crippen LogP contribution in [0.1, 0.15) is 16.1 Å². The highest BCUT2D eigenvalue weighted by atomic mass is 35.5. The Balaban J connectivity index is 1.41. The molecule has 0 aliphatic rings. The van der Waals surface area contributed by atoms with E-state index in [1.165, 1.54) is 30.1 Å². The maximum Gasteiger partial charge on any atom is 0.333 e. The number of halogens is 2. The molecule has 0 spiro atoms. The largest absolute Gasteiger partial charge is 0.479 e. The molecule has 0 saturated carbocycles. The Bertz CT molecular complexity index is 1390. The molecule has 0 unspecified atom stereocenters. The molecule has 0 atom stereocenters. The lowest BCUT2D eigenvalue weighted by atomic mass is 9.98. The van der Waals surface area contributed by atoms with Gasteiger partial charge in [-0.2, -0.15) is 4.80 Å². The SMILES string of the molecule is COc1cc(C(=O)NNC(=O)NCc2ccc(-c3cccc(Cl)c3-c3nnn(C)n3)cc2F)on1. The van der Waals surface area contributed by atoms with Crippen LogP contribution in [-0.4, -0.2) is 44.4 Å². The standard InChI is InChI=1S/C21H18ClFN8O4/c1-31-28-19(25-30-31)18-13(4-3-5-14(18)22)11-6-7-12(15(23)8-11)10-24-21(33)27-26-20(32)16-9-17(34-2)29-35-16/h3-9H,10H2,1-2H3,(H,26,32)(H2,24,27,33). The molecule has 12 nitrogen and oxygen atoms in total. The Morgan fingerprint density at radius 1 is 1.20 bits per heavy atom. The van der Waals surface area contributed by atoms with Crippen molar-refractivity contribution in [1.82, 2.24) is 41.5 Å². The predicted molar refractivity (Wildman–Crippen MR) is 121 cm³/mol. The predicted octanol–water partition coefficient (Wildman–Crippen LogP) is 2.48. The van der Waals surface area contributed by atoms with Gasteiger partial charge < -0.3 is 14.6 Å². The number of aryl methyl sites for hydroxylation is 1. The number of benzene rings is 2. The highest BCUT2D eigenvalue weighted by Crippen LogP contribution is 2.36. The first kappa shape index (κ1) is 23.6. The number of rotatable bonds is 6. The molecule has 2 aromatic heterocycles. The quantitative estimate of drug-likeness (QED) is 0.342. The first-order valence-electron chi connectivity index (χ1n) is 10.0. The summed E-state index contributed by atoms with van der Waals surface area (Å²) in [5.74, 6) is -1.06. The van der Waals surface area contributed by atoms with Crippen LogP contribution >= 0.6 is 11.6 Å². The van der Waals surface area contributed by atoms with Crippen molar-refractivity contribution in [1.29, 1.82) is 0 Å². The topological polar surface area (TPSA) is 149 Å². The number of hydrogen-bond acceptors (Lipinski definition) is 8. The number of tetrazole rings is 1. The average molecular weight is 501 g/mol. The van der Waals surface area contributed by atoms with E-state index in [2.05, 4.69) is 36.7 Å². The molecule has 2 heterocycles. The summed E-state index contributed by atoms with van der Waals surface area (Å²) in [7, 11) is 2.99. The average Bonchev–Trinajstić information content (AvgIpc) is 3.50. The van der Waals surface area contributed by atoms with Crippen LogP contribution in [0.3, 0.4) is 0 Å². The molecule has 0 bridgehead atoms. The number of ether oxygens (including phenoxy) is 1. The Hall–Kier alpha value is -4.52. The molecule has 4 aromatic rings. The van der Waals surface area contributed by atoms with Gasteiger partial charge >= 0.3 is 11.9 Å². The molecular formula is C21H18ClFN8O4. The number of hydrogen-bond donors (Lipinski definition) is 3. The third-order valence-electron chi connectivity index (χ3n) is 4.76. The van der Waals surface area contributed by atoms with Gasteiger partial charge in [-0.15, -0.1) is 10.2 Å². The number of nitrogens with one attached hydrogen (secondary N) is 3. The van der Waals surface area contributed by atoms with E-state index in [0.717, 1.165) is 0 Å². The molecule has 0 saturated heterocycles. The maximum absolute atomic E-state index is 14.8. The summed E-state index contributed by atoms with van der Waals surface area (Å²) in [6.07, 6.45) is 0. The molecule has 35 heavy (non-hydrogen) atoms. The second kappa shape index (κ2) is 10.2. The van der Waals surface area contributed by atoms with Crippen molar-refractivity contribution in [2.45, 2.75) is 6.54 Å². The number of amides is 3. The van der Waals surface area contributed by atoms with Crippen LogP contribution in [0.4, 0.5) is 9.18 Å². The monoisotopic (exact) mass is 500 g/mol. The van der Waals surface area contributed by atoms with Gasteiger partial charge in [0.1, 0.15) is 5.82 Å². The fraction of sp³-hybridized carbons (Fsp3) is 0.143. The van der Waals surface area contributed by atoms with Crippen LogP contribution in [0.25, 0.3) is 22.5 Å². The zero-order valence-electron chi connectivity index (χ0n) is 18.4. The van der Waals surface area contributed by atoms with Crippen LogP contribution in [0.2, 0.25) is 5.02 Å². The van der Waals surface area contributed by atoms with Crippen molar-refractivity contribution < 1.29 is 23.2 Å². The summed E-state index contributed by atoms with van der Waals surface area (Å²) in [5, 5.41) is 18.3. The molecule has 0 fully saturated rings. The summed E-state index contributed by atoms with van der Waals surface area (Å²) in [6, 6.07) is 10.2. The number of urea groups is 1. The molecular weight excluding hydrogens is 483 g/mol. The van der Waals surface area contributed by atoms with Gasteiger partial charge in [0, 0.05) is 17.7 Å². The van der Waals surface area contributed by atoms with E-state index in [4.69, 9.17) is 20.9 Å². The van der Waals surface area contributed by atoms with Crippen molar-refractivity contribution in [3.05, 3.63) is 64.6 Å². The van der Waals surface area contributed by atoms with E-state index in [1.54, 1.807) is 31.3 Å². The molecule has 180 valence electrons. The van der Waals surface area contributed by atoms with E-state index in [-0.39, 0.29) is 23.7 Å². The van der Waals surface area contributed by atoms with Gasteiger partial charge in [-0.1, -0.05) is 35.9 Å². The van der Waals surface area contributed by atoms with Crippen molar-refractivity contribution in [3.63, 3.8) is 0 Å². The van der Waals surface area contributed by atoms with Crippen LogP contribution in [0.15, 0.2) is 47.0 Å². The Morgan fingerprint density at radius 2 is 2.03 bits per heavy atom. The lowest BCUT2D eigenvalue weighted by molar-refractivity contribution is 0.0899. The Labute approximate surface area is 202 Å². The lowest BCUT2D eigenvalue weighted by Crippen LogP contribution is -2.46. The first-order chi connectivity index (χ1) is 16.9. The van der Waals surface area contributed by atoms with Gasteiger partial charge in [0.2, 0.25) is 11.6 Å². The minimum atomic E-state index is -0.765. The summed E-state index contributed by atoms with van der Waals surface area (Å²) in [6.45, 7) is -0.141. The number of aromatic nitrogens is 5. The molecule has 2 aromatic carbocycles. The van der Waals surface area contributed by atoms with Crippen LogP contribution in [0, 0.1) is 5.82 Å². The molecule has 3 amide bonds. The first-order valence-corrected chi connectivity index (χ1v) is 10.4. The highest BCUT2D eigenvalue weighted by molar-refractivity contribution is 6.33. The van der Waals surface area contributed by atoms with E-state index in [1.807, 2.05) is 0 Å². The fourth-order valence-corrected chi connectivity index (χ4v) is 3.35. The lowest BCUT2D eigenvalue weighted by Gasteiger charge is -2.12. The number of hydrazine groups is 1. The van der Waals surface area contributed by atoms with Crippen molar-refractivity contribution >= 4 is 23.5 Å². The van der Waals surface area contributed by atoms with Gasteiger partial charge in [0.15, 0.2) is 0 Å². The Morgan fingerprint density at radius 3 is 2.71 bits per heavy atom. The number of carbonyl (C=O) groups is 2. The second-order valence-electron chi connectivity index (χ2n) is 7.07. The van der Waals surface area contributed by atoms with Crippen LogP contribution in [0.5, 0.6) is 5.88 Å². The third kappa shape index (κ3) is 5.35. The summed E-state index contributed by atoms with van der Waals surface area (Å²) in [4.78, 5) is 25.2. The van der Waals surface area contributed by atoms with E-state index >= 15 is 0 Å². The number of carbonyl (C=O) groups excluding carboxylic acids is 2. The van der Waals surface area contributed by atoms with E-state index in [9.17, 15) is 14.0 Å². The third-order valence-corrected chi connectivity index (χ3v) is 5.08. The maximum atomic E-state index is 14.8. The van der Waals surface area contributed by atoms with E-state index < -0.39 is 17.8 Å². The summed E-state index contributed by atoms with van der Waals surface area (Å²) < 4.78 is 24.4. The second-order valence-corrected chi connectivity index (χ2v) is 7.47. The zero-order chi connectivity index (χ0) is 24.9. The van der Waals surface area contributed by atoms with Gasteiger partial charge in [0.25, 0.3) is 5.88 Å². The minimum absolute atomic E-state index is 0.108. The minimum Gasteiger partial charge on any atom is -0.479 e. The van der Waals surface area contributed by atoms with E-state index in [0.29, 0.717) is 27.5 Å². The molecule has 3 N–H and O–H groups in total. The summed E-state index contributed by atoms with van der Waals surface area (Å²) in [5.41, 5.74) is 6.16. The van der Waals surface area contributed by atoms with Crippen molar-refractivity contribution in [2.24, 2.45) is 7.05 Å². The van der Waals surface area contributed by atoms with Gasteiger partial charge in [-0.25, -0.2) is 14.6 Å². The molecule has 0 aliphatic carbocycles. The van der Waals surface area contributed by atoms with Gasteiger partial charge in [-0.3, -0.25) is 10.2 Å². The Kier molecular flexibility index (Phi) is 6.87. The zero-order valence-corrected chi connectivity index (χ0v) is 19.1. The van der Waals surface area contributed by atoms with Gasteiger partial charge in [-0.05, 0) is 33.6 Å². The van der Waals surface area contributed by atoms with Crippen LogP contribution < -0.4 is 20.9 Å². The smallest absolute Gasteiger partial charge is 0.333 e. The molecule has 14 heteroatoms. The van der Waals surface area contributed by atoms with Gasteiger partial charge in [0.05, 0.1) is 25.2 Å². The number of nitrogens with zero attached hydrogens (tertiary/aromatic N) is 5. The molecule has 4 rings (SSSR count). The molecule has 0 radical (unpaired) electrons. The van der Waals surface area contributed by atoms with Crippen molar-refractivity contribution in [3.8, 4) is 28.4 Å². The fourth-order valence-electron chi connectivity index (χ4n) is 3.09. The van der Waals surface area contributed by atoms with Crippen LogP contribution in [-0.2, 0) is 13.6 Å². The highest BCUT2D eigenvalue weighted by Gasteiger charge is 2.18. The normalized spacial score (nSPS) is 10.6. The molecule has 0 aliphatic heterocycles. The summed E-state index contributed by atoms with van der Waals surface area (Å²) >= 11 is 6.37. The number of methoxy groups -OCH3 is 1.